The molecule has 0 saturated carbocycles. The van der Waals surface area contributed by atoms with Crippen LogP contribution in [0, 0.1) is 0 Å². The quantitative estimate of drug-likeness (QED) is 0.826. The number of rotatable bonds is 7. The molecule has 4 nitrogen and oxygen atoms in total. The van der Waals surface area contributed by atoms with Gasteiger partial charge in [-0.1, -0.05) is 18.2 Å². The molecular formula is C14H14F2N2O2S. The molecule has 112 valence electrons. The minimum atomic E-state index is -2.88. The Kier molecular flexibility index (Phi) is 5.24. The van der Waals surface area contributed by atoms with Crippen LogP contribution < -0.4 is 15.8 Å². The smallest absolute Gasteiger partial charge is 0.387 e. The Balaban J connectivity index is 2.05. The molecule has 21 heavy (non-hydrogen) atoms. The number of ether oxygens (including phenoxy) is 1. The SMILES string of the molecule is NC(=O)C(NCc1cccs1)c1ccc(OC(F)F)cc1. The lowest BCUT2D eigenvalue weighted by Crippen LogP contribution is -2.33. The summed E-state index contributed by atoms with van der Waals surface area (Å²) in [5, 5.41) is 4.98. The highest BCUT2D eigenvalue weighted by molar-refractivity contribution is 7.09. The first-order valence-electron chi connectivity index (χ1n) is 6.16. The molecule has 0 aliphatic heterocycles. The zero-order valence-electron chi connectivity index (χ0n) is 11.0. The highest BCUT2D eigenvalue weighted by atomic mass is 32.1. The van der Waals surface area contributed by atoms with E-state index in [4.69, 9.17) is 5.73 Å². The number of halogens is 2. The van der Waals surface area contributed by atoms with Crippen molar-refractivity contribution in [1.29, 1.82) is 0 Å². The molecule has 3 N–H and O–H groups in total. The summed E-state index contributed by atoms with van der Waals surface area (Å²) < 4.78 is 28.4. The Morgan fingerprint density at radius 1 is 1.29 bits per heavy atom. The molecule has 2 rings (SSSR count). The third kappa shape index (κ3) is 4.51. The normalized spacial score (nSPS) is 12.3. The molecule has 0 bridgehead atoms. The van der Waals surface area contributed by atoms with Crippen LogP contribution in [0.15, 0.2) is 41.8 Å². The summed E-state index contributed by atoms with van der Waals surface area (Å²) in [4.78, 5) is 12.6. The van der Waals surface area contributed by atoms with E-state index in [0.717, 1.165) is 4.88 Å². The van der Waals surface area contributed by atoms with Gasteiger partial charge in [-0.25, -0.2) is 0 Å². The molecule has 7 heteroatoms. The van der Waals surface area contributed by atoms with E-state index in [-0.39, 0.29) is 5.75 Å². The fourth-order valence-electron chi connectivity index (χ4n) is 1.84. The Hall–Kier alpha value is -1.99. The van der Waals surface area contributed by atoms with Crippen LogP contribution in [-0.2, 0) is 11.3 Å². The van der Waals surface area contributed by atoms with Gasteiger partial charge in [0.1, 0.15) is 11.8 Å². The predicted molar refractivity (Wildman–Crippen MR) is 76.2 cm³/mol. The number of carbonyl (C=O) groups excluding carboxylic acids is 1. The minimum Gasteiger partial charge on any atom is -0.435 e. The average Bonchev–Trinajstić information content (AvgIpc) is 2.93. The van der Waals surface area contributed by atoms with Crippen molar-refractivity contribution < 1.29 is 18.3 Å². The number of amides is 1. The van der Waals surface area contributed by atoms with Crippen molar-refractivity contribution in [2.24, 2.45) is 5.73 Å². The second-order valence-corrected chi connectivity index (χ2v) is 5.28. The van der Waals surface area contributed by atoms with E-state index < -0.39 is 18.6 Å². The Labute approximate surface area is 124 Å². The number of primary amides is 1. The maximum absolute atomic E-state index is 12.1. The zero-order valence-corrected chi connectivity index (χ0v) is 11.8. The Morgan fingerprint density at radius 2 is 2.00 bits per heavy atom. The van der Waals surface area contributed by atoms with Gasteiger partial charge in [-0.15, -0.1) is 11.3 Å². The third-order valence-corrected chi connectivity index (χ3v) is 3.66. The van der Waals surface area contributed by atoms with E-state index in [0.29, 0.717) is 12.1 Å². The highest BCUT2D eigenvalue weighted by Gasteiger charge is 2.17. The van der Waals surface area contributed by atoms with Gasteiger partial charge in [-0.05, 0) is 29.1 Å². The molecule has 1 heterocycles. The van der Waals surface area contributed by atoms with Gasteiger partial charge in [0.05, 0.1) is 0 Å². The molecule has 0 saturated heterocycles. The van der Waals surface area contributed by atoms with Gasteiger partial charge in [0.2, 0.25) is 5.91 Å². The van der Waals surface area contributed by atoms with Crippen molar-refractivity contribution in [3.8, 4) is 5.75 Å². The lowest BCUT2D eigenvalue weighted by Gasteiger charge is -2.16. The largest absolute Gasteiger partial charge is 0.435 e. The van der Waals surface area contributed by atoms with E-state index in [1.807, 2.05) is 17.5 Å². The van der Waals surface area contributed by atoms with Crippen molar-refractivity contribution >= 4 is 17.2 Å². The first kappa shape index (κ1) is 15.4. The summed E-state index contributed by atoms with van der Waals surface area (Å²) in [6.45, 7) is -2.37. The third-order valence-electron chi connectivity index (χ3n) is 2.78. The standard InChI is InChI=1S/C14H14F2N2O2S/c15-14(16)20-10-5-3-9(4-6-10)12(13(17)19)18-8-11-2-1-7-21-11/h1-7,12,14,18H,8H2,(H2,17,19). The second-order valence-electron chi connectivity index (χ2n) is 4.24. The average molecular weight is 312 g/mol. The first-order chi connectivity index (χ1) is 10.1. The van der Waals surface area contributed by atoms with Gasteiger partial charge in [-0.3, -0.25) is 10.1 Å². The van der Waals surface area contributed by atoms with Crippen LogP contribution in [0.1, 0.15) is 16.5 Å². The molecule has 0 aliphatic carbocycles. The molecule has 1 atom stereocenters. The number of thiophene rings is 1. The lowest BCUT2D eigenvalue weighted by atomic mass is 10.1. The van der Waals surface area contributed by atoms with Crippen molar-refractivity contribution in [3.05, 3.63) is 52.2 Å². The Bertz CT molecular complexity index is 573. The molecule has 0 radical (unpaired) electrons. The lowest BCUT2D eigenvalue weighted by molar-refractivity contribution is -0.120. The number of carbonyl (C=O) groups is 1. The van der Waals surface area contributed by atoms with Gasteiger partial charge in [0, 0.05) is 11.4 Å². The molecule has 0 aliphatic rings. The van der Waals surface area contributed by atoms with Crippen LogP contribution in [-0.4, -0.2) is 12.5 Å². The van der Waals surface area contributed by atoms with E-state index in [9.17, 15) is 13.6 Å². The van der Waals surface area contributed by atoms with Crippen molar-refractivity contribution in [2.75, 3.05) is 0 Å². The number of hydrogen-bond acceptors (Lipinski definition) is 4. The van der Waals surface area contributed by atoms with Gasteiger partial charge in [-0.2, -0.15) is 8.78 Å². The van der Waals surface area contributed by atoms with E-state index >= 15 is 0 Å². The molecule has 1 aromatic heterocycles. The summed E-state index contributed by atoms with van der Waals surface area (Å²) in [6, 6.07) is 9.00. The number of benzene rings is 1. The van der Waals surface area contributed by atoms with Crippen LogP contribution in [0.4, 0.5) is 8.78 Å². The van der Waals surface area contributed by atoms with E-state index in [1.54, 1.807) is 11.3 Å². The summed E-state index contributed by atoms with van der Waals surface area (Å²) in [5.74, 6) is -0.496. The number of alkyl halides is 2. The summed E-state index contributed by atoms with van der Waals surface area (Å²) in [7, 11) is 0. The first-order valence-corrected chi connectivity index (χ1v) is 7.04. The molecule has 0 spiro atoms. The molecule has 1 aromatic carbocycles. The van der Waals surface area contributed by atoms with Gasteiger partial charge < -0.3 is 10.5 Å². The number of hydrogen-bond donors (Lipinski definition) is 2. The van der Waals surface area contributed by atoms with Crippen LogP contribution in [0.3, 0.4) is 0 Å². The topological polar surface area (TPSA) is 64.4 Å². The zero-order chi connectivity index (χ0) is 15.2. The second kappa shape index (κ2) is 7.14. The van der Waals surface area contributed by atoms with Crippen LogP contribution >= 0.6 is 11.3 Å². The summed E-state index contributed by atoms with van der Waals surface area (Å²) >= 11 is 1.56. The molecule has 1 unspecified atom stereocenters. The van der Waals surface area contributed by atoms with Crippen LogP contribution in [0.5, 0.6) is 5.75 Å². The number of nitrogens with one attached hydrogen (secondary N) is 1. The summed E-state index contributed by atoms with van der Waals surface area (Å²) in [5.41, 5.74) is 5.98. The minimum absolute atomic E-state index is 0.0372. The maximum atomic E-state index is 12.1. The Morgan fingerprint density at radius 3 is 2.52 bits per heavy atom. The van der Waals surface area contributed by atoms with E-state index in [2.05, 4.69) is 10.1 Å². The molecule has 2 aromatic rings. The fourth-order valence-corrected chi connectivity index (χ4v) is 2.50. The van der Waals surface area contributed by atoms with Crippen LogP contribution in [0.25, 0.3) is 0 Å². The molecule has 0 fully saturated rings. The van der Waals surface area contributed by atoms with Gasteiger partial charge in [0.25, 0.3) is 0 Å². The predicted octanol–water partition coefficient (Wildman–Crippen LogP) is 2.67. The highest BCUT2D eigenvalue weighted by Crippen LogP contribution is 2.20. The van der Waals surface area contributed by atoms with Gasteiger partial charge >= 0.3 is 6.61 Å². The number of nitrogens with two attached hydrogens (primary N) is 1. The van der Waals surface area contributed by atoms with Crippen LogP contribution in [0.2, 0.25) is 0 Å². The summed E-state index contributed by atoms with van der Waals surface area (Å²) in [6.07, 6.45) is 0. The molecule has 1 amide bonds. The van der Waals surface area contributed by atoms with Gasteiger partial charge in [0.15, 0.2) is 0 Å². The van der Waals surface area contributed by atoms with Crippen molar-refractivity contribution in [3.63, 3.8) is 0 Å². The monoisotopic (exact) mass is 312 g/mol. The molecular weight excluding hydrogens is 298 g/mol. The maximum Gasteiger partial charge on any atom is 0.387 e. The van der Waals surface area contributed by atoms with Crippen molar-refractivity contribution in [1.82, 2.24) is 5.32 Å². The van der Waals surface area contributed by atoms with Crippen molar-refractivity contribution in [2.45, 2.75) is 19.2 Å². The fraction of sp³-hybridized carbons (Fsp3) is 0.214. The van der Waals surface area contributed by atoms with E-state index in [1.165, 1.54) is 24.3 Å².